The van der Waals surface area contributed by atoms with Gasteiger partial charge in [0.25, 0.3) is 0 Å². The van der Waals surface area contributed by atoms with Crippen molar-refractivity contribution >= 4 is 11.6 Å². The topological polar surface area (TPSA) is 20.2 Å². The molecular formula is C4H9ClO. The number of hydrogen-bond acceptors (Lipinski definition) is 1. The van der Waals surface area contributed by atoms with E-state index in [1.54, 1.807) is 13.8 Å². The smallest absolute Gasteiger partial charge is 0.0672 e. The van der Waals surface area contributed by atoms with Crippen LogP contribution < -0.4 is 0 Å². The Bertz CT molecular complexity index is 28.5. The highest BCUT2D eigenvalue weighted by Gasteiger charge is 2.00. The molecule has 0 radical (unpaired) electrons. The summed E-state index contributed by atoms with van der Waals surface area (Å²) in [5.41, 5.74) is 0. The maximum absolute atomic E-state index is 8.50. The molecule has 0 saturated heterocycles. The van der Waals surface area contributed by atoms with Crippen LogP contribution in [-0.4, -0.2) is 16.6 Å². The Kier molecular flexibility index (Phi) is 2.53. The zero-order chi connectivity index (χ0) is 5.15. The normalized spacial score (nSPS) is 20.0. The molecule has 0 saturated carbocycles. The minimum absolute atomic E-state index is 0.120. The maximum Gasteiger partial charge on any atom is 0.0672 e. The molecule has 1 N–H and O–H groups in total. The fourth-order valence-electron chi connectivity index (χ4n) is 0. The van der Waals surface area contributed by atoms with Crippen LogP contribution in [0.15, 0.2) is 0 Å². The molecule has 2 atom stereocenters. The third kappa shape index (κ3) is 2.49. The fraction of sp³-hybridized carbons (Fsp3) is 1.00. The van der Waals surface area contributed by atoms with E-state index in [9.17, 15) is 0 Å². The van der Waals surface area contributed by atoms with Crippen molar-refractivity contribution in [1.82, 2.24) is 0 Å². The molecule has 0 rings (SSSR count). The van der Waals surface area contributed by atoms with Gasteiger partial charge in [0.05, 0.1) is 11.5 Å². The molecule has 38 valence electrons. The monoisotopic (exact) mass is 108 g/mol. The van der Waals surface area contributed by atoms with E-state index in [-0.39, 0.29) is 11.5 Å². The maximum atomic E-state index is 8.50. The summed E-state index contributed by atoms with van der Waals surface area (Å²) in [4.78, 5) is 0. The van der Waals surface area contributed by atoms with Gasteiger partial charge >= 0.3 is 0 Å². The molecule has 0 aromatic rings. The average molecular weight is 109 g/mol. The second kappa shape index (κ2) is 2.43. The molecule has 0 fully saturated rings. The number of alkyl halides is 1. The van der Waals surface area contributed by atoms with E-state index in [1.165, 1.54) is 0 Å². The Labute approximate surface area is 42.9 Å². The first-order valence-electron chi connectivity index (χ1n) is 1.96. The van der Waals surface area contributed by atoms with E-state index in [0.29, 0.717) is 0 Å². The number of rotatable bonds is 1. The van der Waals surface area contributed by atoms with E-state index < -0.39 is 0 Å². The second-order valence-electron chi connectivity index (χ2n) is 1.42. The molecule has 0 spiro atoms. The third-order valence-corrected chi connectivity index (χ3v) is 1.03. The molecule has 0 bridgehead atoms. The first-order valence-corrected chi connectivity index (χ1v) is 2.40. The van der Waals surface area contributed by atoms with Crippen LogP contribution in [0.4, 0.5) is 0 Å². The summed E-state index contributed by atoms with van der Waals surface area (Å²) >= 11 is 5.36. The summed E-state index contributed by atoms with van der Waals surface area (Å²) < 4.78 is 0. The van der Waals surface area contributed by atoms with Gasteiger partial charge in [0.1, 0.15) is 0 Å². The van der Waals surface area contributed by atoms with Gasteiger partial charge in [0, 0.05) is 0 Å². The molecule has 0 heterocycles. The molecule has 1 nitrogen and oxygen atoms in total. The zero-order valence-corrected chi connectivity index (χ0v) is 4.74. The number of halogens is 1. The summed E-state index contributed by atoms with van der Waals surface area (Å²) in [6.45, 7) is 3.42. The Hall–Kier alpha value is 0.250. The largest absolute Gasteiger partial charge is 0.392 e. The van der Waals surface area contributed by atoms with Gasteiger partial charge in [-0.3, -0.25) is 0 Å². The third-order valence-electron chi connectivity index (χ3n) is 0.665. The standard InChI is InChI=1S/C4H9ClO/c1-3(5)4(2)6/h3-4,6H,1-2H3/t3-,4-/m1/s1. The van der Waals surface area contributed by atoms with Gasteiger partial charge in [-0.15, -0.1) is 11.6 Å². The van der Waals surface area contributed by atoms with Crippen molar-refractivity contribution in [2.45, 2.75) is 25.3 Å². The van der Waals surface area contributed by atoms with Gasteiger partial charge < -0.3 is 5.11 Å². The summed E-state index contributed by atoms with van der Waals surface area (Å²) in [6.07, 6.45) is -0.383. The highest BCUT2D eigenvalue weighted by Crippen LogP contribution is 1.97. The van der Waals surface area contributed by atoms with Crippen LogP contribution in [0.25, 0.3) is 0 Å². The van der Waals surface area contributed by atoms with Gasteiger partial charge in [-0.25, -0.2) is 0 Å². The van der Waals surface area contributed by atoms with Gasteiger partial charge in [-0.05, 0) is 13.8 Å². The summed E-state index contributed by atoms with van der Waals surface area (Å²) in [5.74, 6) is 0. The average Bonchev–Trinajstić information content (AvgIpc) is 1.36. The second-order valence-corrected chi connectivity index (χ2v) is 2.11. The van der Waals surface area contributed by atoms with Crippen molar-refractivity contribution in [3.8, 4) is 0 Å². The molecule has 2 heteroatoms. The van der Waals surface area contributed by atoms with Gasteiger partial charge in [-0.1, -0.05) is 0 Å². The first kappa shape index (κ1) is 6.25. The van der Waals surface area contributed by atoms with E-state index in [0.717, 1.165) is 0 Å². The lowest BCUT2D eigenvalue weighted by atomic mass is 10.3. The molecule has 0 aromatic heterocycles. The van der Waals surface area contributed by atoms with Crippen molar-refractivity contribution in [3.05, 3.63) is 0 Å². The Morgan fingerprint density at radius 2 is 1.67 bits per heavy atom. The van der Waals surface area contributed by atoms with Crippen molar-refractivity contribution < 1.29 is 5.11 Å². The van der Waals surface area contributed by atoms with Crippen molar-refractivity contribution in [2.24, 2.45) is 0 Å². The molecule has 0 aromatic carbocycles. The van der Waals surface area contributed by atoms with Crippen LogP contribution in [0.1, 0.15) is 13.8 Å². The Balaban J connectivity index is 2.99. The quantitative estimate of drug-likeness (QED) is 0.497. The lowest BCUT2D eigenvalue weighted by Gasteiger charge is -2.02. The van der Waals surface area contributed by atoms with Gasteiger partial charge in [0.2, 0.25) is 0 Å². The van der Waals surface area contributed by atoms with Crippen LogP contribution in [0.2, 0.25) is 0 Å². The predicted molar refractivity (Wildman–Crippen MR) is 27.0 cm³/mol. The molecule has 6 heavy (non-hydrogen) atoms. The van der Waals surface area contributed by atoms with E-state index in [2.05, 4.69) is 0 Å². The minimum atomic E-state index is -0.383. The Morgan fingerprint density at radius 1 is 1.50 bits per heavy atom. The van der Waals surface area contributed by atoms with Crippen LogP contribution in [-0.2, 0) is 0 Å². The van der Waals surface area contributed by atoms with Crippen LogP contribution in [0, 0.1) is 0 Å². The van der Waals surface area contributed by atoms with Crippen LogP contribution in [0.5, 0.6) is 0 Å². The highest BCUT2D eigenvalue weighted by molar-refractivity contribution is 6.20. The summed E-state index contributed by atoms with van der Waals surface area (Å²) in [7, 11) is 0. The van der Waals surface area contributed by atoms with Crippen molar-refractivity contribution in [1.29, 1.82) is 0 Å². The van der Waals surface area contributed by atoms with E-state index in [1.807, 2.05) is 0 Å². The SMILES string of the molecule is C[C@@H](O)[C@@H](C)Cl. The van der Waals surface area contributed by atoms with Crippen LogP contribution >= 0.6 is 11.6 Å². The first-order chi connectivity index (χ1) is 2.64. The lowest BCUT2D eigenvalue weighted by molar-refractivity contribution is 0.194. The number of aliphatic hydroxyl groups is 1. The molecule has 0 aliphatic heterocycles. The molecule has 0 unspecified atom stereocenters. The Morgan fingerprint density at radius 3 is 1.67 bits per heavy atom. The van der Waals surface area contributed by atoms with E-state index >= 15 is 0 Å². The van der Waals surface area contributed by atoms with Crippen LogP contribution in [0.3, 0.4) is 0 Å². The van der Waals surface area contributed by atoms with Gasteiger partial charge in [0.15, 0.2) is 0 Å². The predicted octanol–water partition coefficient (Wildman–Crippen LogP) is 0.994. The summed E-state index contributed by atoms with van der Waals surface area (Å²) in [6, 6.07) is 0. The van der Waals surface area contributed by atoms with Crippen molar-refractivity contribution in [2.75, 3.05) is 0 Å². The van der Waals surface area contributed by atoms with E-state index in [4.69, 9.17) is 16.7 Å². The molecular weight excluding hydrogens is 99.5 g/mol. The molecule has 0 aliphatic rings. The highest BCUT2D eigenvalue weighted by atomic mass is 35.5. The molecule has 0 amide bonds. The number of hydrogen-bond donors (Lipinski definition) is 1. The fourth-order valence-corrected chi connectivity index (χ4v) is 0. The molecule has 0 aliphatic carbocycles. The van der Waals surface area contributed by atoms with Gasteiger partial charge in [-0.2, -0.15) is 0 Å². The summed E-state index contributed by atoms with van der Waals surface area (Å²) in [5, 5.41) is 8.38. The van der Waals surface area contributed by atoms with Crippen molar-refractivity contribution in [3.63, 3.8) is 0 Å². The minimum Gasteiger partial charge on any atom is -0.392 e. The number of aliphatic hydroxyl groups excluding tert-OH is 1. The lowest BCUT2D eigenvalue weighted by Crippen LogP contribution is -2.11. The zero-order valence-electron chi connectivity index (χ0n) is 3.98.